The molecular weight excluding hydrogens is 166 g/mol. The molecule has 1 rings (SSSR count). The van der Waals surface area contributed by atoms with Gasteiger partial charge in [-0.15, -0.1) is 0 Å². The van der Waals surface area contributed by atoms with Gasteiger partial charge in [0.1, 0.15) is 12.0 Å². The first-order valence-corrected chi connectivity index (χ1v) is 4.00. The van der Waals surface area contributed by atoms with Crippen molar-refractivity contribution in [1.82, 2.24) is 0 Å². The number of hydrogen-bond acceptors (Lipinski definition) is 3. The van der Waals surface area contributed by atoms with E-state index in [1.54, 1.807) is 25.1 Å². The standard InChI is InChI=1S/C10H13NO2/c1-10(11,13-2)9-5-3-4-8(6-9)7-12/h3-7H,11H2,1-2H3. The van der Waals surface area contributed by atoms with Gasteiger partial charge >= 0.3 is 0 Å². The van der Waals surface area contributed by atoms with Gasteiger partial charge in [0.15, 0.2) is 0 Å². The predicted molar refractivity (Wildman–Crippen MR) is 50.4 cm³/mol. The first-order valence-electron chi connectivity index (χ1n) is 4.00. The van der Waals surface area contributed by atoms with Crippen LogP contribution in [0.3, 0.4) is 0 Å². The van der Waals surface area contributed by atoms with Gasteiger partial charge in [-0.25, -0.2) is 0 Å². The lowest BCUT2D eigenvalue weighted by molar-refractivity contribution is 0.00767. The lowest BCUT2D eigenvalue weighted by Gasteiger charge is -2.23. The highest BCUT2D eigenvalue weighted by molar-refractivity contribution is 5.75. The quantitative estimate of drug-likeness (QED) is 0.561. The summed E-state index contributed by atoms with van der Waals surface area (Å²) in [6, 6.07) is 7.05. The average Bonchev–Trinajstić information content (AvgIpc) is 2.18. The van der Waals surface area contributed by atoms with Gasteiger partial charge in [0.2, 0.25) is 0 Å². The fourth-order valence-electron chi connectivity index (χ4n) is 1.04. The number of hydrogen-bond donors (Lipinski definition) is 1. The molecule has 0 radical (unpaired) electrons. The maximum absolute atomic E-state index is 10.5. The highest BCUT2D eigenvalue weighted by Gasteiger charge is 2.19. The third kappa shape index (κ3) is 2.14. The van der Waals surface area contributed by atoms with Crippen molar-refractivity contribution in [3.05, 3.63) is 35.4 Å². The van der Waals surface area contributed by atoms with Crippen LogP contribution in [0, 0.1) is 0 Å². The zero-order valence-corrected chi connectivity index (χ0v) is 7.78. The van der Waals surface area contributed by atoms with Crippen LogP contribution in [0.25, 0.3) is 0 Å². The first kappa shape index (κ1) is 9.89. The van der Waals surface area contributed by atoms with Crippen molar-refractivity contribution in [3.8, 4) is 0 Å². The number of benzene rings is 1. The van der Waals surface area contributed by atoms with E-state index in [4.69, 9.17) is 10.5 Å². The van der Waals surface area contributed by atoms with Gasteiger partial charge in [-0.05, 0) is 18.6 Å². The van der Waals surface area contributed by atoms with Crippen LogP contribution in [0.1, 0.15) is 22.8 Å². The van der Waals surface area contributed by atoms with E-state index in [1.807, 2.05) is 6.07 Å². The van der Waals surface area contributed by atoms with Crippen molar-refractivity contribution in [2.75, 3.05) is 7.11 Å². The second-order valence-electron chi connectivity index (χ2n) is 3.05. The Labute approximate surface area is 77.5 Å². The highest BCUT2D eigenvalue weighted by Crippen LogP contribution is 2.18. The van der Waals surface area contributed by atoms with E-state index in [0.29, 0.717) is 5.56 Å². The Morgan fingerprint density at radius 2 is 2.23 bits per heavy atom. The largest absolute Gasteiger partial charge is 0.360 e. The molecule has 3 heteroatoms. The number of nitrogens with two attached hydrogens (primary N) is 1. The van der Waals surface area contributed by atoms with Crippen molar-refractivity contribution in [3.63, 3.8) is 0 Å². The zero-order valence-electron chi connectivity index (χ0n) is 7.78. The summed E-state index contributed by atoms with van der Waals surface area (Å²) in [4.78, 5) is 10.5. The van der Waals surface area contributed by atoms with Crippen molar-refractivity contribution < 1.29 is 9.53 Å². The van der Waals surface area contributed by atoms with Gasteiger partial charge in [0.05, 0.1) is 0 Å². The number of methoxy groups -OCH3 is 1. The zero-order chi connectivity index (χ0) is 9.90. The van der Waals surface area contributed by atoms with Crippen molar-refractivity contribution in [2.45, 2.75) is 12.6 Å². The molecule has 0 heterocycles. The number of carbonyl (C=O) groups is 1. The van der Waals surface area contributed by atoms with Crippen LogP contribution < -0.4 is 5.73 Å². The van der Waals surface area contributed by atoms with E-state index < -0.39 is 5.72 Å². The van der Waals surface area contributed by atoms with Crippen LogP contribution in [-0.4, -0.2) is 13.4 Å². The molecule has 0 aliphatic rings. The maximum Gasteiger partial charge on any atom is 0.150 e. The molecule has 0 saturated carbocycles. The number of ether oxygens (including phenoxy) is 1. The third-order valence-corrected chi connectivity index (χ3v) is 2.02. The topological polar surface area (TPSA) is 52.3 Å². The molecule has 13 heavy (non-hydrogen) atoms. The Morgan fingerprint density at radius 1 is 1.54 bits per heavy atom. The van der Waals surface area contributed by atoms with E-state index in [9.17, 15) is 4.79 Å². The van der Waals surface area contributed by atoms with Gasteiger partial charge in [-0.2, -0.15) is 0 Å². The summed E-state index contributed by atoms with van der Waals surface area (Å²) < 4.78 is 5.09. The molecule has 0 amide bonds. The summed E-state index contributed by atoms with van der Waals surface area (Å²) in [5.41, 5.74) is 6.38. The van der Waals surface area contributed by atoms with Gasteiger partial charge in [0.25, 0.3) is 0 Å². The van der Waals surface area contributed by atoms with Crippen LogP contribution in [0.15, 0.2) is 24.3 Å². The Balaban J connectivity index is 3.08. The van der Waals surface area contributed by atoms with E-state index >= 15 is 0 Å². The van der Waals surface area contributed by atoms with Crippen molar-refractivity contribution in [1.29, 1.82) is 0 Å². The number of carbonyl (C=O) groups excluding carboxylic acids is 1. The molecule has 70 valence electrons. The minimum Gasteiger partial charge on any atom is -0.360 e. The molecular formula is C10H13NO2. The molecule has 2 N–H and O–H groups in total. The Morgan fingerprint density at radius 3 is 2.77 bits per heavy atom. The summed E-state index contributed by atoms with van der Waals surface area (Å²) in [5, 5.41) is 0. The molecule has 1 atom stereocenters. The lowest BCUT2D eigenvalue weighted by Crippen LogP contribution is -2.34. The summed E-state index contributed by atoms with van der Waals surface area (Å²) in [6.07, 6.45) is 0.787. The molecule has 0 aliphatic carbocycles. The monoisotopic (exact) mass is 179 g/mol. The molecule has 0 aromatic heterocycles. The molecule has 0 spiro atoms. The van der Waals surface area contributed by atoms with Crippen LogP contribution in [-0.2, 0) is 10.5 Å². The Hall–Kier alpha value is -1.19. The SMILES string of the molecule is COC(C)(N)c1cccc(C=O)c1. The van der Waals surface area contributed by atoms with E-state index in [0.717, 1.165) is 11.8 Å². The third-order valence-electron chi connectivity index (χ3n) is 2.02. The molecule has 1 unspecified atom stereocenters. The molecule has 0 aliphatic heterocycles. The summed E-state index contributed by atoms with van der Waals surface area (Å²) in [5.74, 6) is 0. The number of rotatable bonds is 3. The van der Waals surface area contributed by atoms with Gasteiger partial charge in [-0.1, -0.05) is 18.2 Å². The lowest BCUT2D eigenvalue weighted by atomic mass is 10.0. The Bertz CT molecular complexity index is 308. The first-order chi connectivity index (χ1) is 6.10. The van der Waals surface area contributed by atoms with Gasteiger partial charge < -0.3 is 4.74 Å². The maximum atomic E-state index is 10.5. The van der Waals surface area contributed by atoms with Crippen LogP contribution in [0.2, 0.25) is 0 Å². The smallest absolute Gasteiger partial charge is 0.150 e. The second kappa shape index (κ2) is 3.68. The van der Waals surface area contributed by atoms with Crippen molar-refractivity contribution >= 4 is 6.29 Å². The Kier molecular flexibility index (Phi) is 2.80. The second-order valence-corrected chi connectivity index (χ2v) is 3.05. The molecule has 0 fully saturated rings. The fraction of sp³-hybridized carbons (Fsp3) is 0.300. The van der Waals surface area contributed by atoms with Gasteiger partial charge in [0, 0.05) is 12.7 Å². The highest BCUT2D eigenvalue weighted by atomic mass is 16.5. The molecule has 0 bridgehead atoms. The average molecular weight is 179 g/mol. The van der Waals surface area contributed by atoms with Crippen molar-refractivity contribution in [2.24, 2.45) is 5.73 Å². The fourth-order valence-corrected chi connectivity index (χ4v) is 1.04. The summed E-state index contributed by atoms with van der Waals surface area (Å²) in [7, 11) is 1.54. The van der Waals surface area contributed by atoms with Gasteiger partial charge in [-0.3, -0.25) is 10.5 Å². The molecule has 0 saturated heterocycles. The minimum atomic E-state index is -0.834. The normalized spacial score (nSPS) is 15.0. The van der Waals surface area contributed by atoms with E-state index in [1.165, 1.54) is 7.11 Å². The van der Waals surface area contributed by atoms with Crippen LogP contribution >= 0.6 is 0 Å². The molecule has 1 aromatic rings. The minimum absolute atomic E-state index is 0.603. The number of aldehydes is 1. The summed E-state index contributed by atoms with van der Waals surface area (Å²) >= 11 is 0. The predicted octanol–water partition coefficient (Wildman–Crippen LogP) is 1.28. The molecule has 3 nitrogen and oxygen atoms in total. The summed E-state index contributed by atoms with van der Waals surface area (Å²) in [6.45, 7) is 1.75. The van der Waals surface area contributed by atoms with Crippen LogP contribution in [0.4, 0.5) is 0 Å². The van der Waals surface area contributed by atoms with E-state index in [2.05, 4.69) is 0 Å². The van der Waals surface area contributed by atoms with E-state index in [-0.39, 0.29) is 0 Å². The van der Waals surface area contributed by atoms with Crippen LogP contribution in [0.5, 0.6) is 0 Å². The molecule has 1 aromatic carbocycles.